The minimum Gasteiger partial charge on any atom is -0.508 e. The fourth-order valence-corrected chi connectivity index (χ4v) is 2.03. The molecule has 0 fully saturated rings. The monoisotopic (exact) mass is 289 g/mol. The van der Waals surface area contributed by atoms with Crippen molar-refractivity contribution in [2.75, 3.05) is 13.1 Å². The zero-order valence-corrected chi connectivity index (χ0v) is 11.9. The molecule has 5 nitrogen and oxygen atoms in total. The molecule has 0 saturated heterocycles. The third-order valence-electron chi connectivity index (χ3n) is 3.13. The van der Waals surface area contributed by atoms with Crippen molar-refractivity contribution < 1.29 is 14.6 Å². The first-order chi connectivity index (χ1) is 10.1. The second-order valence-corrected chi connectivity index (χ2v) is 4.76. The Hall–Kier alpha value is -2.27. The number of rotatable bonds is 6. The summed E-state index contributed by atoms with van der Waals surface area (Å²) in [4.78, 5) is 11.8. The van der Waals surface area contributed by atoms with Gasteiger partial charge in [0.2, 0.25) is 11.2 Å². The maximum absolute atomic E-state index is 11.8. The number of benzene rings is 1. The second kappa shape index (κ2) is 6.95. The second-order valence-electron chi connectivity index (χ2n) is 4.76. The van der Waals surface area contributed by atoms with E-state index in [1.165, 1.54) is 18.2 Å². The fourth-order valence-electron chi connectivity index (χ4n) is 2.03. The van der Waals surface area contributed by atoms with Crippen LogP contribution >= 0.6 is 0 Å². The molecule has 1 aromatic carbocycles. The molecule has 0 unspecified atom stereocenters. The van der Waals surface area contributed by atoms with E-state index in [1.54, 1.807) is 12.1 Å². The van der Waals surface area contributed by atoms with E-state index >= 15 is 0 Å². The Morgan fingerprint density at radius 3 is 2.57 bits per heavy atom. The summed E-state index contributed by atoms with van der Waals surface area (Å²) in [5.74, 6) is 0.387. The van der Waals surface area contributed by atoms with Crippen molar-refractivity contribution >= 4 is 0 Å². The van der Waals surface area contributed by atoms with E-state index in [2.05, 4.69) is 5.32 Å². The van der Waals surface area contributed by atoms with Crippen molar-refractivity contribution in [3.63, 3.8) is 0 Å². The Morgan fingerprint density at radius 2 is 1.90 bits per heavy atom. The van der Waals surface area contributed by atoms with Gasteiger partial charge < -0.3 is 19.9 Å². The molecule has 0 amide bonds. The van der Waals surface area contributed by atoms with Crippen LogP contribution in [-0.2, 0) is 6.42 Å². The van der Waals surface area contributed by atoms with Crippen LogP contribution in [0.15, 0.2) is 39.5 Å². The van der Waals surface area contributed by atoms with Crippen LogP contribution in [0.2, 0.25) is 0 Å². The highest BCUT2D eigenvalue weighted by molar-refractivity contribution is 5.64. The quantitative estimate of drug-likeness (QED) is 0.711. The van der Waals surface area contributed by atoms with Gasteiger partial charge >= 0.3 is 0 Å². The third kappa shape index (κ3) is 3.86. The van der Waals surface area contributed by atoms with Crippen molar-refractivity contribution in [1.29, 1.82) is 0 Å². The molecule has 2 rings (SSSR count). The highest BCUT2D eigenvalue weighted by Gasteiger charge is 2.13. The maximum atomic E-state index is 11.8. The molecule has 0 aliphatic rings. The Kier molecular flexibility index (Phi) is 5.00. The average molecular weight is 289 g/mol. The van der Waals surface area contributed by atoms with Gasteiger partial charge in [-0.15, -0.1) is 0 Å². The number of aryl methyl sites for hydroxylation is 1. The molecule has 0 spiro atoms. The summed E-state index contributed by atoms with van der Waals surface area (Å²) in [6, 6.07) is 7.47. The largest absolute Gasteiger partial charge is 0.508 e. The summed E-state index contributed by atoms with van der Waals surface area (Å²) in [5.41, 5.74) is 0.0960. The first-order valence-corrected chi connectivity index (χ1v) is 6.98. The highest BCUT2D eigenvalue weighted by atomic mass is 16.4. The number of nitrogens with one attached hydrogen (secondary N) is 1. The normalized spacial score (nSPS) is 10.7. The molecular weight excluding hydrogens is 270 g/mol. The first kappa shape index (κ1) is 15.1. The van der Waals surface area contributed by atoms with Crippen LogP contribution in [0.3, 0.4) is 0 Å². The van der Waals surface area contributed by atoms with Gasteiger partial charge in [-0.1, -0.05) is 6.92 Å². The van der Waals surface area contributed by atoms with Crippen LogP contribution < -0.4 is 10.7 Å². The fraction of sp³-hybridized carbons (Fsp3) is 0.312. The molecule has 0 radical (unpaired) electrons. The summed E-state index contributed by atoms with van der Waals surface area (Å²) in [6.07, 6.45) is 1.46. The Labute approximate surface area is 122 Å². The molecule has 1 heterocycles. The van der Waals surface area contributed by atoms with Crippen molar-refractivity contribution in [2.24, 2.45) is 0 Å². The van der Waals surface area contributed by atoms with E-state index in [4.69, 9.17) is 4.42 Å². The molecule has 0 bridgehead atoms. The Balaban J connectivity index is 2.26. The Bertz CT molecular complexity index is 646. The van der Waals surface area contributed by atoms with Gasteiger partial charge in [0, 0.05) is 18.1 Å². The molecule has 0 atom stereocenters. The Morgan fingerprint density at radius 1 is 1.19 bits per heavy atom. The lowest BCUT2D eigenvalue weighted by Gasteiger charge is -2.07. The minimum absolute atomic E-state index is 0.113. The minimum atomic E-state index is -0.456. The van der Waals surface area contributed by atoms with E-state index < -0.39 is 11.2 Å². The third-order valence-corrected chi connectivity index (χ3v) is 3.13. The number of hydrogen-bond donors (Lipinski definition) is 3. The van der Waals surface area contributed by atoms with E-state index in [1.807, 2.05) is 6.92 Å². The smallest absolute Gasteiger partial charge is 0.227 e. The van der Waals surface area contributed by atoms with Gasteiger partial charge in [-0.05, 0) is 43.8 Å². The lowest BCUT2D eigenvalue weighted by Crippen LogP contribution is -2.14. The summed E-state index contributed by atoms with van der Waals surface area (Å²) >= 11 is 0. The molecule has 3 N–H and O–H groups in total. The van der Waals surface area contributed by atoms with Crippen molar-refractivity contribution in [1.82, 2.24) is 5.32 Å². The van der Waals surface area contributed by atoms with Crippen LogP contribution in [-0.4, -0.2) is 23.3 Å². The predicted octanol–water partition coefficient (Wildman–Crippen LogP) is 2.26. The van der Waals surface area contributed by atoms with Gasteiger partial charge in [0.1, 0.15) is 11.5 Å². The highest BCUT2D eigenvalue weighted by Crippen LogP contribution is 2.28. The number of phenols is 1. The number of hydrogen-bond acceptors (Lipinski definition) is 5. The SMILES string of the molecule is CCNCCCc1cc(=O)c(O)c(-c2ccc(O)cc2)o1. The van der Waals surface area contributed by atoms with Crippen molar-refractivity contribution in [2.45, 2.75) is 19.8 Å². The molecule has 21 heavy (non-hydrogen) atoms. The molecule has 0 saturated carbocycles. The van der Waals surface area contributed by atoms with E-state index in [-0.39, 0.29) is 11.5 Å². The maximum Gasteiger partial charge on any atom is 0.227 e. The summed E-state index contributed by atoms with van der Waals surface area (Å²) < 4.78 is 5.64. The van der Waals surface area contributed by atoms with E-state index in [9.17, 15) is 15.0 Å². The molecular formula is C16H19NO4. The van der Waals surface area contributed by atoms with Crippen molar-refractivity contribution in [3.05, 3.63) is 46.3 Å². The van der Waals surface area contributed by atoms with Gasteiger partial charge in [-0.2, -0.15) is 0 Å². The van der Waals surface area contributed by atoms with Crippen LogP contribution in [0.4, 0.5) is 0 Å². The molecule has 0 aliphatic carbocycles. The summed E-state index contributed by atoms with van der Waals surface area (Å²) in [7, 11) is 0. The molecule has 0 aliphatic heterocycles. The zero-order valence-electron chi connectivity index (χ0n) is 11.9. The summed E-state index contributed by atoms with van der Waals surface area (Å²) in [5, 5.41) is 22.4. The van der Waals surface area contributed by atoms with Gasteiger partial charge in [-0.25, -0.2) is 0 Å². The van der Waals surface area contributed by atoms with Crippen LogP contribution in [0, 0.1) is 0 Å². The summed E-state index contributed by atoms with van der Waals surface area (Å²) in [6.45, 7) is 3.78. The van der Waals surface area contributed by atoms with Gasteiger partial charge in [-0.3, -0.25) is 4.79 Å². The van der Waals surface area contributed by atoms with E-state index in [0.29, 0.717) is 17.7 Å². The topological polar surface area (TPSA) is 82.7 Å². The van der Waals surface area contributed by atoms with E-state index in [0.717, 1.165) is 19.5 Å². The van der Waals surface area contributed by atoms with Gasteiger partial charge in [0.05, 0.1) is 0 Å². The van der Waals surface area contributed by atoms with Gasteiger partial charge in [0.25, 0.3) is 0 Å². The van der Waals surface area contributed by atoms with Gasteiger partial charge in [0.15, 0.2) is 5.76 Å². The molecule has 112 valence electrons. The van der Waals surface area contributed by atoms with Crippen molar-refractivity contribution in [3.8, 4) is 22.8 Å². The number of phenolic OH excluding ortho intramolecular Hbond substituents is 1. The number of aromatic hydroxyl groups is 2. The standard InChI is InChI=1S/C16H19NO4/c1-2-17-9-3-4-13-10-14(19)15(20)16(21-13)11-5-7-12(18)8-6-11/h5-8,10,17-18,20H,2-4,9H2,1H3. The predicted molar refractivity (Wildman–Crippen MR) is 80.6 cm³/mol. The van der Waals surface area contributed by atoms with Crippen LogP contribution in [0.5, 0.6) is 11.5 Å². The molecule has 5 heteroatoms. The van der Waals surface area contributed by atoms with Crippen LogP contribution in [0.1, 0.15) is 19.1 Å². The van der Waals surface area contributed by atoms with Crippen LogP contribution in [0.25, 0.3) is 11.3 Å². The molecule has 2 aromatic rings. The molecule has 1 aromatic heterocycles. The lowest BCUT2D eigenvalue weighted by molar-refractivity contribution is 0.420. The average Bonchev–Trinajstić information content (AvgIpc) is 2.48. The first-order valence-electron chi connectivity index (χ1n) is 6.98. The lowest BCUT2D eigenvalue weighted by atomic mass is 10.1. The zero-order chi connectivity index (χ0) is 15.2.